The highest BCUT2D eigenvalue weighted by Crippen LogP contribution is 2.31. The Labute approximate surface area is 108 Å². The van der Waals surface area contributed by atoms with Crippen LogP contribution in [0.15, 0.2) is 12.3 Å². The molecule has 17 heavy (non-hydrogen) atoms. The van der Waals surface area contributed by atoms with Gasteiger partial charge >= 0.3 is 0 Å². The molecule has 3 nitrogen and oxygen atoms in total. The Morgan fingerprint density at radius 1 is 1.53 bits per heavy atom. The summed E-state index contributed by atoms with van der Waals surface area (Å²) < 4.78 is 1.89. The number of hydrogen-bond donors (Lipinski definition) is 1. The quantitative estimate of drug-likeness (QED) is 0.845. The highest BCUT2D eigenvalue weighted by Gasteiger charge is 2.19. The fourth-order valence-corrected chi connectivity index (χ4v) is 3.82. The van der Waals surface area contributed by atoms with Crippen LogP contribution in [-0.4, -0.2) is 27.3 Å². The number of rotatable bonds is 6. The van der Waals surface area contributed by atoms with E-state index in [2.05, 4.69) is 35.2 Å². The standard InChI is InChI=1S/C13H23N3S/c1-3-14-13(12-8-9-16(2)15-12)10-17-11-6-4-5-7-11/h8-9,11,13-14H,3-7,10H2,1-2H3. The van der Waals surface area contributed by atoms with Crippen LogP contribution < -0.4 is 5.32 Å². The van der Waals surface area contributed by atoms with Crippen LogP contribution in [0, 0.1) is 0 Å². The summed E-state index contributed by atoms with van der Waals surface area (Å²) in [5.41, 5.74) is 1.18. The summed E-state index contributed by atoms with van der Waals surface area (Å²) in [6.07, 6.45) is 7.69. The van der Waals surface area contributed by atoms with Crippen molar-refractivity contribution in [3.8, 4) is 0 Å². The first kappa shape index (κ1) is 13.0. The smallest absolute Gasteiger partial charge is 0.0802 e. The van der Waals surface area contributed by atoms with Crippen molar-refractivity contribution in [2.45, 2.75) is 43.9 Å². The van der Waals surface area contributed by atoms with E-state index in [4.69, 9.17) is 0 Å². The molecule has 1 fully saturated rings. The molecular formula is C13H23N3S. The topological polar surface area (TPSA) is 29.9 Å². The van der Waals surface area contributed by atoms with E-state index in [0.29, 0.717) is 6.04 Å². The molecule has 0 aliphatic heterocycles. The minimum atomic E-state index is 0.409. The molecule has 1 heterocycles. The van der Waals surface area contributed by atoms with Gasteiger partial charge in [-0.3, -0.25) is 4.68 Å². The van der Waals surface area contributed by atoms with Crippen molar-refractivity contribution < 1.29 is 0 Å². The molecular weight excluding hydrogens is 230 g/mol. The average molecular weight is 253 g/mol. The van der Waals surface area contributed by atoms with Gasteiger partial charge in [0, 0.05) is 24.2 Å². The molecule has 1 saturated carbocycles. The largest absolute Gasteiger partial charge is 0.308 e. The Kier molecular flexibility index (Phi) is 4.92. The third kappa shape index (κ3) is 3.75. The van der Waals surface area contributed by atoms with E-state index in [1.165, 1.54) is 31.4 Å². The van der Waals surface area contributed by atoms with Crippen molar-refractivity contribution in [1.82, 2.24) is 15.1 Å². The lowest BCUT2D eigenvalue weighted by Gasteiger charge is -2.17. The van der Waals surface area contributed by atoms with Crippen LogP contribution >= 0.6 is 11.8 Å². The van der Waals surface area contributed by atoms with Gasteiger partial charge in [0.2, 0.25) is 0 Å². The summed E-state index contributed by atoms with van der Waals surface area (Å²) in [7, 11) is 1.98. The molecule has 1 aromatic heterocycles. The van der Waals surface area contributed by atoms with Gasteiger partial charge in [-0.2, -0.15) is 16.9 Å². The molecule has 1 N–H and O–H groups in total. The molecule has 1 aliphatic carbocycles. The van der Waals surface area contributed by atoms with E-state index in [1.54, 1.807) is 0 Å². The van der Waals surface area contributed by atoms with E-state index in [1.807, 2.05) is 17.9 Å². The van der Waals surface area contributed by atoms with Crippen molar-refractivity contribution in [2.24, 2.45) is 7.05 Å². The van der Waals surface area contributed by atoms with Crippen molar-refractivity contribution in [2.75, 3.05) is 12.3 Å². The van der Waals surface area contributed by atoms with Crippen LogP contribution in [0.2, 0.25) is 0 Å². The maximum absolute atomic E-state index is 4.52. The fraction of sp³-hybridized carbons (Fsp3) is 0.769. The zero-order valence-corrected chi connectivity index (χ0v) is 11.7. The van der Waals surface area contributed by atoms with E-state index >= 15 is 0 Å². The van der Waals surface area contributed by atoms with Gasteiger partial charge in [0.05, 0.1) is 11.7 Å². The molecule has 1 atom stereocenters. The second-order valence-electron chi connectivity index (χ2n) is 4.76. The highest BCUT2D eigenvalue weighted by molar-refractivity contribution is 7.99. The van der Waals surface area contributed by atoms with E-state index in [0.717, 1.165) is 17.5 Å². The zero-order valence-electron chi connectivity index (χ0n) is 10.9. The monoisotopic (exact) mass is 253 g/mol. The number of aromatic nitrogens is 2. The van der Waals surface area contributed by atoms with Crippen LogP contribution in [0.25, 0.3) is 0 Å². The number of nitrogens with one attached hydrogen (secondary N) is 1. The van der Waals surface area contributed by atoms with Gasteiger partial charge in [0.1, 0.15) is 0 Å². The van der Waals surface area contributed by atoms with Crippen LogP contribution in [-0.2, 0) is 7.05 Å². The van der Waals surface area contributed by atoms with Crippen LogP contribution in [0.4, 0.5) is 0 Å². The molecule has 0 aromatic carbocycles. The number of hydrogen-bond acceptors (Lipinski definition) is 3. The molecule has 4 heteroatoms. The number of aryl methyl sites for hydroxylation is 1. The summed E-state index contributed by atoms with van der Waals surface area (Å²) in [5.74, 6) is 1.15. The molecule has 1 unspecified atom stereocenters. The molecule has 0 radical (unpaired) electrons. The molecule has 1 aliphatic rings. The van der Waals surface area contributed by atoms with Gasteiger partial charge in [-0.25, -0.2) is 0 Å². The van der Waals surface area contributed by atoms with Crippen molar-refractivity contribution in [1.29, 1.82) is 0 Å². The molecule has 2 rings (SSSR count). The van der Waals surface area contributed by atoms with Crippen molar-refractivity contribution >= 4 is 11.8 Å². The second kappa shape index (κ2) is 6.45. The average Bonchev–Trinajstić information content (AvgIpc) is 2.95. The van der Waals surface area contributed by atoms with E-state index in [9.17, 15) is 0 Å². The Morgan fingerprint density at radius 2 is 2.29 bits per heavy atom. The van der Waals surface area contributed by atoms with Crippen LogP contribution in [0.3, 0.4) is 0 Å². The Morgan fingerprint density at radius 3 is 2.88 bits per heavy atom. The molecule has 1 aromatic rings. The van der Waals surface area contributed by atoms with Gasteiger partial charge in [-0.1, -0.05) is 19.8 Å². The molecule has 0 amide bonds. The third-order valence-electron chi connectivity index (χ3n) is 3.34. The minimum absolute atomic E-state index is 0.409. The normalized spacial score (nSPS) is 18.7. The molecule has 0 saturated heterocycles. The third-order valence-corrected chi connectivity index (χ3v) is 4.81. The summed E-state index contributed by atoms with van der Waals surface area (Å²) in [6.45, 7) is 3.17. The minimum Gasteiger partial charge on any atom is -0.308 e. The fourth-order valence-electron chi connectivity index (χ4n) is 2.40. The maximum atomic E-state index is 4.52. The lowest BCUT2D eigenvalue weighted by atomic mass is 10.2. The predicted octanol–water partition coefficient (Wildman–Crippen LogP) is 2.75. The van der Waals surface area contributed by atoms with Gasteiger partial charge in [0.15, 0.2) is 0 Å². The zero-order chi connectivity index (χ0) is 12.1. The molecule has 0 bridgehead atoms. The van der Waals surface area contributed by atoms with Crippen LogP contribution in [0.1, 0.15) is 44.3 Å². The van der Waals surface area contributed by atoms with E-state index < -0.39 is 0 Å². The Hall–Kier alpha value is -0.480. The maximum Gasteiger partial charge on any atom is 0.0802 e. The summed E-state index contributed by atoms with van der Waals surface area (Å²) >= 11 is 2.12. The second-order valence-corrected chi connectivity index (χ2v) is 6.10. The Bertz CT molecular complexity index is 331. The van der Waals surface area contributed by atoms with E-state index in [-0.39, 0.29) is 0 Å². The number of thioether (sulfide) groups is 1. The first-order valence-electron chi connectivity index (χ1n) is 6.64. The SMILES string of the molecule is CCNC(CSC1CCCC1)c1ccn(C)n1. The summed E-state index contributed by atoms with van der Waals surface area (Å²) in [4.78, 5) is 0. The summed E-state index contributed by atoms with van der Waals surface area (Å²) in [5, 5.41) is 8.94. The van der Waals surface area contributed by atoms with Gasteiger partial charge in [-0.05, 0) is 25.5 Å². The lowest BCUT2D eigenvalue weighted by molar-refractivity contribution is 0.577. The first-order chi connectivity index (χ1) is 8.29. The number of nitrogens with zero attached hydrogens (tertiary/aromatic N) is 2. The van der Waals surface area contributed by atoms with Gasteiger partial charge in [-0.15, -0.1) is 0 Å². The first-order valence-corrected chi connectivity index (χ1v) is 7.69. The highest BCUT2D eigenvalue weighted by atomic mass is 32.2. The molecule has 0 spiro atoms. The van der Waals surface area contributed by atoms with Crippen molar-refractivity contribution in [3.05, 3.63) is 18.0 Å². The lowest BCUT2D eigenvalue weighted by Crippen LogP contribution is -2.24. The van der Waals surface area contributed by atoms with Gasteiger partial charge in [0.25, 0.3) is 0 Å². The summed E-state index contributed by atoms with van der Waals surface area (Å²) in [6, 6.07) is 2.54. The van der Waals surface area contributed by atoms with Crippen LogP contribution in [0.5, 0.6) is 0 Å². The van der Waals surface area contributed by atoms with Gasteiger partial charge < -0.3 is 5.32 Å². The van der Waals surface area contributed by atoms with Crippen molar-refractivity contribution in [3.63, 3.8) is 0 Å². The molecule has 96 valence electrons. The Balaban J connectivity index is 1.87. The predicted molar refractivity (Wildman–Crippen MR) is 74.3 cm³/mol.